The van der Waals surface area contributed by atoms with Crippen molar-refractivity contribution in [3.63, 3.8) is 0 Å². The van der Waals surface area contributed by atoms with Gasteiger partial charge in [-0.3, -0.25) is 9.97 Å². The maximum absolute atomic E-state index is 5.12. The van der Waals surface area contributed by atoms with Crippen LogP contribution in [0.25, 0.3) is 60.7 Å². The Labute approximate surface area is 178 Å². The molecular weight excluding hydrogens is 382 g/mol. The van der Waals surface area contributed by atoms with Gasteiger partial charge in [-0.2, -0.15) is 0 Å². The van der Waals surface area contributed by atoms with Crippen molar-refractivity contribution >= 4 is 49.3 Å². The Morgan fingerprint density at radius 1 is 0.806 bits per heavy atom. The van der Waals surface area contributed by atoms with Crippen molar-refractivity contribution in [1.82, 2.24) is 24.9 Å². The highest BCUT2D eigenvalue weighted by Crippen LogP contribution is 2.39. The smallest absolute Gasteiger partial charge is 0.141 e. The number of aromatic amines is 2. The third-order valence-corrected chi connectivity index (χ3v) is 6.17. The van der Waals surface area contributed by atoms with Crippen LogP contribution in [0.3, 0.4) is 0 Å². The number of H-pyrrole nitrogens is 2. The molecule has 150 valence electrons. The van der Waals surface area contributed by atoms with E-state index in [4.69, 9.17) is 4.98 Å². The Balaban J connectivity index is 1.79. The molecule has 0 saturated heterocycles. The van der Waals surface area contributed by atoms with Crippen molar-refractivity contribution in [2.24, 2.45) is 0 Å². The number of nitrogens with zero attached hydrogens (tertiary/aromatic N) is 3. The van der Waals surface area contributed by atoms with E-state index in [2.05, 4.69) is 77.1 Å². The molecule has 31 heavy (non-hydrogen) atoms. The summed E-state index contributed by atoms with van der Waals surface area (Å²) < 4.78 is 0. The van der Waals surface area contributed by atoms with Crippen molar-refractivity contribution in [1.29, 1.82) is 0 Å². The summed E-state index contributed by atoms with van der Waals surface area (Å²) in [5.41, 5.74) is 9.42. The topological polar surface area (TPSA) is 70.2 Å². The van der Waals surface area contributed by atoms with Crippen LogP contribution in [0.15, 0.2) is 60.9 Å². The molecule has 5 heteroatoms. The number of rotatable bonds is 2. The van der Waals surface area contributed by atoms with Gasteiger partial charge in [0.25, 0.3) is 0 Å². The molecule has 0 aliphatic rings. The Bertz CT molecular complexity index is 1590. The van der Waals surface area contributed by atoms with E-state index in [-0.39, 0.29) is 0 Å². The Morgan fingerprint density at radius 2 is 1.52 bits per heavy atom. The molecule has 4 aromatic heterocycles. The van der Waals surface area contributed by atoms with E-state index in [0.29, 0.717) is 0 Å². The van der Waals surface area contributed by atoms with Crippen LogP contribution < -0.4 is 0 Å². The predicted octanol–water partition coefficient (Wildman–Crippen LogP) is 6.54. The highest BCUT2D eigenvalue weighted by Gasteiger charge is 2.21. The summed E-state index contributed by atoms with van der Waals surface area (Å²) in [5, 5.41) is 3.20. The summed E-state index contributed by atoms with van der Waals surface area (Å²) in [7, 11) is 0. The van der Waals surface area contributed by atoms with Gasteiger partial charge in [0.05, 0.1) is 33.3 Å². The van der Waals surface area contributed by atoms with Crippen LogP contribution in [0.5, 0.6) is 0 Å². The van der Waals surface area contributed by atoms with Crippen molar-refractivity contribution < 1.29 is 0 Å². The Kier molecular flexibility index (Phi) is 3.74. The summed E-state index contributed by atoms with van der Waals surface area (Å²) in [6.07, 6.45) is 5.76. The summed E-state index contributed by atoms with van der Waals surface area (Å²) in [4.78, 5) is 21.7. The van der Waals surface area contributed by atoms with E-state index in [0.717, 1.165) is 55.4 Å². The molecule has 0 fully saturated rings. The van der Waals surface area contributed by atoms with Crippen molar-refractivity contribution in [2.75, 3.05) is 0 Å². The molecule has 0 unspecified atom stereocenters. The molecule has 0 radical (unpaired) electrons. The van der Waals surface area contributed by atoms with Crippen molar-refractivity contribution in [3.05, 3.63) is 72.2 Å². The van der Waals surface area contributed by atoms with Gasteiger partial charge in [-0.05, 0) is 56.2 Å². The molecule has 0 atom stereocenters. The highest BCUT2D eigenvalue weighted by atomic mass is 14.9. The number of nitrogens with one attached hydrogen (secondary N) is 2. The number of pyridine rings is 2. The minimum Gasteiger partial charge on any atom is -0.354 e. The number of aromatic nitrogens is 5. The average molecular weight is 403 g/mol. The van der Waals surface area contributed by atoms with Crippen LogP contribution in [0, 0.1) is 6.92 Å². The van der Waals surface area contributed by atoms with Crippen molar-refractivity contribution in [2.45, 2.75) is 20.8 Å². The van der Waals surface area contributed by atoms with Gasteiger partial charge >= 0.3 is 0 Å². The molecule has 6 rings (SSSR count). The zero-order chi connectivity index (χ0) is 21.1. The van der Waals surface area contributed by atoms with Crippen LogP contribution in [0.4, 0.5) is 0 Å². The first-order valence-corrected chi connectivity index (χ1v) is 10.4. The zero-order valence-electron chi connectivity index (χ0n) is 17.6. The van der Waals surface area contributed by atoms with E-state index in [1.54, 1.807) is 0 Å². The third kappa shape index (κ3) is 2.46. The van der Waals surface area contributed by atoms with Crippen LogP contribution in [0.2, 0.25) is 0 Å². The molecule has 4 heterocycles. The molecule has 2 N–H and O–H groups in total. The van der Waals surface area contributed by atoms with Gasteiger partial charge in [-0.25, -0.2) is 4.98 Å². The lowest BCUT2D eigenvalue weighted by Crippen LogP contribution is -1.86. The number of hydrogen-bond acceptors (Lipinski definition) is 3. The van der Waals surface area contributed by atoms with Gasteiger partial charge < -0.3 is 9.97 Å². The molecule has 6 aromatic rings. The lowest BCUT2D eigenvalue weighted by Gasteiger charge is -2.03. The number of hydrogen-bond donors (Lipinski definition) is 2. The second-order valence-electron chi connectivity index (χ2n) is 7.95. The van der Waals surface area contributed by atoms with Crippen LogP contribution in [-0.4, -0.2) is 24.9 Å². The maximum Gasteiger partial charge on any atom is 0.141 e. The summed E-state index contributed by atoms with van der Waals surface area (Å²) in [5.74, 6) is 0.851. The average Bonchev–Trinajstić information content (AvgIpc) is 3.42. The second kappa shape index (κ2) is 6.51. The SMILES string of the molecule is C/C=C(\C)c1[nH]c2c(C)cccc2c1-c1nc2c3cccnc3c3ncccc3c2[nH]1. The van der Waals surface area contributed by atoms with Gasteiger partial charge in [0, 0.05) is 34.1 Å². The number of imidazole rings is 1. The number of allylic oxidation sites excluding steroid dienone is 2. The van der Waals surface area contributed by atoms with E-state index in [1.807, 2.05) is 24.5 Å². The lowest BCUT2D eigenvalue weighted by atomic mass is 10.0. The summed E-state index contributed by atoms with van der Waals surface area (Å²) >= 11 is 0. The number of benzene rings is 2. The van der Waals surface area contributed by atoms with Crippen LogP contribution >= 0.6 is 0 Å². The Morgan fingerprint density at radius 3 is 2.29 bits per heavy atom. The van der Waals surface area contributed by atoms with Gasteiger partial charge in [0.2, 0.25) is 0 Å². The minimum absolute atomic E-state index is 0.851. The van der Waals surface area contributed by atoms with Crippen LogP contribution in [-0.2, 0) is 0 Å². The second-order valence-corrected chi connectivity index (χ2v) is 7.95. The van der Waals surface area contributed by atoms with E-state index >= 15 is 0 Å². The first-order valence-electron chi connectivity index (χ1n) is 10.4. The number of fused-ring (bicyclic) bond motifs is 7. The van der Waals surface area contributed by atoms with Gasteiger partial charge in [0.1, 0.15) is 5.82 Å². The maximum atomic E-state index is 5.12. The van der Waals surface area contributed by atoms with Gasteiger partial charge in [0.15, 0.2) is 0 Å². The largest absolute Gasteiger partial charge is 0.354 e. The number of aryl methyl sites for hydroxylation is 1. The van der Waals surface area contributed by atoms with Gasteiger partial charge in [-0.15, -0.1) is 0 Å². The molecule has 5 nitrogen and oxygen atoms in total. The first kappa shape index (κ1) is 17.8. The first-order chi connectivity index (χ1) is 15.2. The molecule has 0 aliphatic carbocycles. The normalized spacial score (nSPS) is 12.5. The molecule has 0 aliphatic heterocycles. The fraction of sp³-hybridized carbons (Fsp3) is 0.115. The molecule has 0 bridgehead atoms. The predicted molar refractivity (Wildman–Crippen MR) is 128 cm³/mol. The molecule has 2 aromatic carbocycles. The zero-order valence-corrected chi connectivity index (χ0v) is 17.6. The standard InChI is InChI=1S/C26H21N5/c1-4-14(2)21-19(16-9-5-8-15(3)20(16)29-21)26-30-24-17-10-6-12-27-22(17)23-18(25(24)31-26)11-7-13-28-23/h4-13,29H,1-3H3,(H,30,31)/b14-4+. The monoisotopic (exact) mass is 403 g/mol. The summed E-state index contributed by atoms with van der Waals surface area (Å²) in [6, 6.07) is 14.5. The summed E-state index contributed by atoms with van der Waals surface area (Å²) in [6.45, 7) is 6.33. The van der Waals surface area contributed by atoms with Gasteiger partial charge in [-0.1, -0.05) is 24.3 Å². The van der Waals surface area contributed by atoms with Crippen LogP contribution in [0.1, 0.15) is 25.1 Å². The Hall–Kier alpha value is -3.99. The molecule has 0 amide bonds. The third-order valence-electron chi connectivity index (χ3n) is 6.17. The fourth-order valence-corrected chi connectivity index (χ4v) is 4.51. The van der Waals surface area contributed by atoms with E-state index in [1.165, 1.54) is 16.5 Å². The highest BCUT2D eigenvalue weighted by molar-refractivity contribution is 6.21. The number of para-hydroxylation sites is 1. The van der Waals surface area contributed by atoms with Crippen molar-refractivity contribution in [3.8, 4) is 11.4 Å². The van der Waals surface area contributed by atoms with E-state index < -0.39 is 0 Å². The van der Waals surface area contributed by atoms with E-state index in [9.17, 15) is 0 Å². The fourth-order valence-electron chi connectivity index (χ4n) is 4.51. The molecule has 0 spiro atoms. The minimum atomic E-state index is 0.851. The lowest BCUT2D eigenvalue weighted by molar-refractivity contribution is 1.31. The quantitative estimate of drug-likeness (QED) is 0.323. The molecular formula is C26H21N5. The molecule has 0 saturated carbocycles.